The molecule has 0 spiro atoms. The fourth-order valence-electron chi connectivity index (χ4n) is 3.53. The molecular weight excluding hydrogens is 366 g/mol. The van der Waals surface area contributed by atoms with Gasteiger partial charge in [0.1, 0.15) is 12.3 Å². The number of rotatable bonds is 7. The second-order valence-corrected chi connectivity index (χ2v) is 7.37. The number of nitrogens with one attached hydrogen (secondary N) is 1. The molecule has 7 heteroatoms. The summed E-state index contributed by atoms with van der Waals surface area (Å²) in [5.41, 5.74) is 7.77. The minimum Gasteiger partial charge on any atom is -0.454 e. The summed E-state index contributed by atoms with van der Waals surface area (Å²) in [7, 11) is 2.01. The molecule has 3 rings (SSSR count). The van der Waals surface area contributed by atoms with Gasteiger partial charge in [-0.25, -0.2) is 4.99 Å². The van der Waals surface area contributed by atoms with Gasteiger partial charge in [0, 0.05) is 38.9 Å². The van der Waals surface area contributed by atoms with Gasteiger partial charge in [0.05, 0.1) is 0 Å². The zero-order valence-electron chi connectivity index (χ0n) is 17.4. The summed E-state index contributed by atoms with van der Waals surface area (Å²) in [5, 5.41) is 3.30. The lowest BCUT2D eigenvalue weighted by Gasteiger charge is -2.29. The lowest BCUT2D eigenvalue weighted by atomic mass is 10.1. The first-order valence-corrected chi connectivity index (χ1v) is 10.3. The van der Waals surface area contributed by atoms with Crippen LogP contribution in [-0.4, -0.2) is 43.4 Å². The number of nitrogens with two attached hydrogens (primary N) is 1. The van der Waals surface area contributed by atoms with Gasteiger partial charge in [0.15, 0.2) is 11.7 Å². The molecule has 1 saturated heterocycles. The normalized spacial score (nSPS) is 14.7. The largest absolute Gasteiger partial charge is 0.454 e. The van der Waals surface area contributed by atoms with Crippen molar-refractivity contribution in [3.05, 3.63) is 53.5 Å². The van der Waals surface area contributed by atoms with E-state index in [1.807, 2.05) is 14.0 Å². The van der Waals surface area contributed by atoms with E-state index < -0.39 is 5.91 Å². The third-order valence-corrected chi connectivity index (χ3v) is 5.06. The van der Waals surface area contributed by atoms with Crippen LogP contribution in [-0.2, 0) is 13.1 Å². The molecule has 1 amide bonds. The van der Waals surface area contributed by atoms with Gasteiger partial charge >= 0.3 is 0 Å². The Morgan fingerprint density at radius 1 is 1.17 bits per heavy atom. The molecule has 1 fully saturated rings. The number of furan rings is 1. The number of carbonyl (C=O) groups is 1. The number of piperidine rings is 1. The maximum absolute atomic E-state index is 11.2. The topological polar surface area (TPSA) is 87.1 Å². The minimum absolute atomic E-state index is 0.155. The molecule has 0 atom stereocenters. The smallest absolute Gasteiger partial charge is 0.284 e. The van der Waals surface area contributed by atoms with E-state index in [2.05, 4.69) is 44.4 Å². The van der Waals surface area contributed by atoms with Crippen molar-refractivity contribution in [2.24, 2.45) is 10.7 Å². The number of primary amides is 1. The van der Waals surface area contributed by atoms with Crippen molar-refractivity contribution in [3.63, 3.8) is 0 Å². The van der Waals surface area contributed by atoms with Crippen molar-refractivity contribution in [3.8, 4) is 0 Å². The standard InChI is InChI=1S/C22H31N5O2/c1-3-24-22(25-15-19-11-12-20(29-19)21(23)28)26(2)16-17-7-9-18(10-8-17)27-13-5-4-6-14-27/h7-12H,3-6,13-16H2,1-2H3,(H2,23,28)(H,24,25). The molecule has 0 radical (unpaired) electrons. The molecule has 1 aromatic heterocycles. The maximum atomic E-state index is 11.2. The monoisotopic (exact) mass is 397 g/mol. The highest BCUT2D eigenvalue weighted by molar-refractivity contribution is 5.89. The Balaban J connectivity index is 1.62. The Kier molecular flexibility index (Phi) is 7.16. The lowest BCUT2D eigenvalue weighted by Crippen LogP contribution is -2.38. The predicted octanol–water partition coefficient (Wildman–Crippen LogP) is 2.97. The second kappa shape index (κ2) is 10.0. The minimum atomic E-state index is -0.572. The number of carbonyl (C=O) groups excluding carboxylic acids is 1. The molecule has 0 unspecified atom stereocenters. The Hall–Kier alpha value is -2.96. The Morgan fingerprint density at radius 3 is 2.52 bits per heavy atom. The van der Waals surface area contributed by atoms with Crippen LogP contribution in [0, 0.1) is 0 Å². The molecular formula is C22H31N5O2. The summed E-state index contributed by atoms with van der Waals surface area (Å²) < 4.78 is 5.41. The third kappa shape index (κ3) is 5.76. The summed E-state index contributed by atoms with van der Waals surface area (Å²) in [5.74, 6) is 0.970. The highest BCUT2D eigenvalue weighted by Gasteiger charge is 2.12. The first-order chi connectivity index (χ1) is 14.1. The van der Waals surface area contributed by atoms with Gasteiger partial charge in [-0.15, -0.1) is 0 Å². The van der Waals surface area contributed by atoms with Crippen LogP contribution in [0.5, 0.6) is 0 Å². The van der Waals surface area contributed by atoms with E-state index in [-0.39, 0.29) is 5.76 Å². The second-order valence-electron chi connectivity index (χ2n) is 7.37. The van der Waals surface area contributed by atoms with Gasteiger partial charge in [0.25, 0.3) is 5.91 Å². The van der Waals surface area contributed by atoms with E-state index in [0.717, 1.165) is 32.1 Å². The van der Waals surface area contributed by atoms with Gasteiger partial charge in [-0.3, -0.25) is 4.79 Å². The average molecular weight is 398 g/mol. The summed E-state index contributed by atoms with van der Waals surface area (Å²) in [6.07, 6.45) is 3.90. The van der Waals surface area contributed by atoms with Crippen LogP contribution in [0.15, 0.2) is 45.8 Å². The van der Waals surface area contributed by atoms with Crippen molar-refractivity contribution < 1.29 is 9.21 Å². The highest BCUT2D eigenvalue weighted by Crippen LogP contribution is 2.20. The number of hydrogen-bond acceptors (Lipinski definition) is 4. The number of anilines is 1. The van der Waals surface area contributed by atoms with Crippen LogP contribution >= 0.6 is 0 Å². The average Bonchev–Trinajstić information content (AvgIpc) is 3.22. The summed E-state index contributed by atoms with van der Waals surface area (Å²) in [6.45, 7) is 6.20. The number of amides is 1. The molecule has 7 nitrogen and oxygen atoms in total. The van der Waals surface area contributed by atoms with Gasteiger partial charge in [-0.2, -0.15) is 0 Å². The van der Waals surface area contributed by atoms with Crippen LogP contribution in [0.2, 0.25) is 0 Å². The van der Waals surface area contributed by atoms with E-state index in [9.17, 15) is 4.79 Å². The maximum Gasteiger partial charge on any atom is 0.284 e. The van der Waals surface area contributed by atoms with Crippen molar-refractivity contribution in [2.45, 2.75) is 39.3 Å². The van der Waals surface area contributed by atoms with E-state index in [4.69, 9.17) is 10.2 Å². The molecule has 0 aliphatic carbocycles. The number of guanidine groups is 1. The zero-order chi connectivity index (χ0) is 20.6. The van der Waals surface area contributed by atoms with Gasteiger partial charge < -0.3 is 25.3 Å². The van der Waals surface area contributed by atoms with Crippen molar-refractivity contribution in [2.75, 3.05) is 31.6 Å². The van der Waals surface area contributed by atoms with Crippen LogP contribution in [0.25, 0.3) is 0 Å². The van der Waals surface area contributed by atoms with E-state index in [1.54, 1.807) is 12.1 Å². The molecule has 0 bridgehead atoms. The molecule has 1 aromatic carbocycles. The third-order valence-electron chi connectivity index (χ3n) is 5.06. The van der Waals surface area contributed by atoms with Gasteiger partial charge in [0.2, 0.25) is 0 Å². The molecule has 156 valence electrons. The quantitative estimate of drug-likeness (QED) is 0.554. The Morgan fingerprint density at radius 2 is 1.90 bits per heavy atom. The molecule has 1 aliphatic rings. The zero-order valence-corrected chi connectivity index (χ0v) is 17.4. The van der Waals surface area contributed by atoms with E-state index >= 15 is 0 Å². The van der Waals surface area contributed by atoms with Gasteiger partial charge in [-0.05, 0) is 56.0 Å². The summed E-state index contributed by atoms with van der Waals surface area (Å²) in [4.78, 5) is 20.3. The Bertz CT molecular complexity index is 822. The van der Waals surface area contributed by atoms with E-state index in [1.165, 1.54) is 30.5 Å². The molecule has 1 aliphatic heterocycles. The summed E-state index contributed by atoms with van der Waals surface area (Å²) >= 11 is 0. The molecule has 2 heterocycles. The molecule has 3 N–H and O–H groups in total. The number of aliphatic imine (C=N–C) groups is 1. The molecule has 29 heavy (non-hydrogen) atoms. The van der Waals surface area contributed by atoms with Gasteiger partial charge in [-0.1, -0.05) is 12.1 Å². The van der Waals surface area contributed by atoms with E-state index in [0.29, 0.717) is 12.3 Å². The summed E-state index contributed by atoms with van der Waals surface area (Å²) in [6, 6.07) is 12.1. The Labute approximate surface area is 172 Å². The number of benzene rings is 1. The predicted molar refractivity (Wildman–Crippen MR) is 116 cm³/mol. The van der Waals surface area contributed by atoms with Crippen LogP contribution in [0.4, 0.5) is 5.69 Å². The van der Waals surface area contributed by atoms with Crippen molar-refractivity contribution in [1.29, 1.82) is 0 Å². The molecule has 2 aromatic rings. The van der Waals surface area contributed by atoms with Crippen molar-refractivity contribution >= 4 is 17.6 Å². The van der Waals surface area contributed by atoms with Crippen LogP contribution in [0.1, 0.15) is 48.1 Å². The number of nitrogens with zero attached hydrogens (tertiary/aromatic N) is 3. The fourth-order valence-corrected chi connectivity index (χ4v) is 3.53. The first kappa shape index (κ1) is 20.8. The van der Waals surface area contributed by atoms with Crippen molar-refractivity contribution in [1.82, 2.24) is 10.2 Å². The number of hydrogen-bond donors (Lipinski definition) is 2. The van der Waals surface area contributed by atoms with Crippen LogP contribution in [0.3, 0.4) is 0 Å². The fraction of sp³-hybridized carbons (Fsp3) is 0.455. The van der Waals surface area contributed by atoms with Crippen LogP contribution < -0.4 is 16.0 Å². The SMILES string of the molecule is CCNC(=NCc1ccc(C(N)=O)o1)N(C)Cc1ccc(N2CCCCC2)cc1. The first-order valence-electron chi connectivity index (χ1n) is 10.3. The molecule has 0 saturated carbocycles. The highest BCUT2D eigenvalue weighted by atomic mass is 16.3. The lowest BCUT2D eigenvalue weighted by molar-refractivity contribution is 0.0972.